The van der Waals surface area contributed by atoms with Crippen molar-refractivity contribution in [3.05, 3.63) is 46.5 Å². The van der Waals surface area contributed by atoms with E-state index in [1.165, 1.54) is 6.07 Å². The maximum Gasteiger partial charge on any atom is 0.292 e. The summed E-state index contributed by atoms with van der Waals surface area (Å²) in [5.41, 5.74) is 1.39. The Labute approximate surface area is 98.1 Å². The van der Waals surface area contributed by atoms with Crippen molar-refractivity contribution in [2.75, 3.05) is 12.4 Å². The van der Waals surface area contributed by atoms with Crippen LogP contribution in [0.25, 0.3) is 5.69 Å². The number of nitrogens with one attached hydrogen (secondary N) is 1. The molecule has 6 nitrogen and oxygen atoms in total. The SMILES string of the molecule is CNc1cc(-n2ccnc2C)ccc1[N+](=O)[O-]. The van der Waals surface area contributed by atoms with E-state index in [0.717, 1.165) is 11.5 Å². The molecule has 0 aliphatic carbocycles. The van der Waals surface area contributed by atoms with E-state index in [1.807, 2.05) is 17.7 Å². The molecule has 0 amide bonds. The molecule has 0 radical (unpaired) electrons. The van der Waals surface area contributed by atoms with Crippen LogP contribution in [-0.4, -0.2) is 21.5 Å². The molecule has 1 aromatic heterocycles. The summed E-state index contributed by atoms with van der Waals surface area (Å²) in [4.78, 5) is 14.5. The molecule has 17 heavy (non-hydrogen) atoms. The first-order valence-corrected chi connectivity index (χ1v) is 5.10. The van der Waals surface area contributed by atoms with Crippen LogP contribution in [-0.2, 0) is 0 Å². The molecule has 0 atom stereocenters. The fourth-order valence-corrected chi connectivity index (χ4v) is 1.68. The number of aromatic nitrogens is 2. The summed E-state index contributed by atoms with van der Waals surface area (Å²) in [6, 6.07) is 4.92. The molecule has 1 aromatic carbocycles. The summed E-state index contributed by atoms with van der Waals surface area (Å²) < 4.78 is 1.87. The average Bonchev–Trinajstić information content (AvgIpc) is 2.74. The molecule has 0 fully saturated rings. The minimum atomic E-state index is -0.406. The second-order valence-electron chi connectivity index (χ2n) is 3.55. The minimum Gasteiger partial charge on any atom is -0.383 e. The molecule has 1 heterocycles. The number of nitro benzene ring substituents is 1. The lowest BCUT2D eigenvalue weighted by molar-refractivity contribution is -0.383. The van der Waals surface area contributed by atoms with Crippen molar-refractivity contribution in [3.63, 3.8) is 0 Å². The number of rotatable bonds is 3. The predicted molar refractivity (Wildman–Crippen MR) is 64.5 cm³/mol. The highest BCUT2D eigenvalue weighted by molar-refractivity contribution is 5.65. The molecule has 0 aliphatic heterocycles. The van der Waals surface area contributed by atoms with Crippen molar-refractivity contribution >= 4 is 11.4 Å². The zero-order valence-corrected chi connectivity index (χ0v) is 9.54. The van der Waals surface area contributed by atoms with E-state index in [1.54, 1.807) is 25.4 Å². The standard InChI is InChI=1S/C11H12N4O2/c1-8-13-5-6-14(8)9-3-4-11(15(16)17)10(7-9)12-2/h3-7,12H,1-2H3. The molecule has 0 saturated carbocycles. The highest BCUT2D eigenvalue weighted by atomic mass is 16.6. The molecule has 0 bridgehead atoms. The Morgan fingerprint density at radius 2 is 2.24 bits per heavy atom. The van der Waals surface area contributed by atoms with Gasteiger partial charge >= 0.3 is 0 Å². The maximum atomic E-state index is 10.8. The number of imidazole rings is 1. The van der Waals surface area contributed by atoms with Gasteiger partial charge in [0.2, 0.25) is 0 Å². The third-order valence-corrected chi connectivity index (χ3v) is 2.55. The molecule has 88 valence electrons. The Morgan fingerprint density at radius 1 is 1.47 bits per heavy atom. The Bertz CT molecular complexity index is 562. The van der Waals surface area contributed by atoms with Gasteiger partial charge in [-0.25, -0.2) is 4.98 Å². The van der Waals surface area contributed by atoms with Crippen LogP contribution in [0.15, 0.2) is 30.6 Å². The zero-order valence-electron chi connectivity index (χ0n) is 9.54. The van der Waals surface area contributed by atoms with Crippen LogP contribution in [0.4, 0.5) is 11.4 Å². The molecule has 2 rings (SSSR count). The van der Waals surface area contributed by atoms with E-state index < -0.39 is 4.92 Å². The summed E-state index contributed by atoms with van der Waals surface area (Å²) in [7, 11) is 1.66. The quantitative estimate of drug-likeness (QED) is 0.649. The lowest BCUT2D eigenvalue weighted by atomic mass is 10.2. The normalized spacial score (nSPS) is 10.2. The molecular weight excluding hydrogens is 220 g/mol. The second kappa shape index (κ2) is 4.25. The van der Waals surface area contributed by atoms with Crippen molar-refractivity contribution in [3.8, 4) is 5.69 Å². The van der Waals surface area contributed by atoms with E-state index in [4.69, 9.17) is 0 Å². The molecular formula is C11H12N4O2. The summed E-state index contributed by atoms with van der Waals surface area (Å²) >= 11 is 0. The van der Waals surface area contributed by atoms with Gasteiger partial charge in [-0.2, -0.15) is 0 Å². The second-order valence-corrected chi connectivity index (χ2v) is 3.55. The Balaban J connectivity index is 2.52. The number of hydrogen-bond acceptors (Lipinski definition) is 4. The summed E-state index contributed by atoms with van der Waals surface area (Å²) in [6.45, 7) is 1.88. The number of aryl methyl sites for hydroxylation is 1. The van der Waals surface area contributed by atoms with Crippen molar-refractivity contribution in [1.29, 1.82) is 0 Å². The van der Waals surface area contributed by atoms with E-state index in [0.29, 0.717) is 5.69 Å². The maximum absolute atomic E-state index is 10.8. The van der Waals surface area contributed by atoms with Gasteiger partial charge in [0.1, 0.15) is 11.5 Å². The van der Waals surface area contributed by atoms with E-state index >= 15 is 0 Å². The van der Waals surface area contributed by atoms with Gasteiger partial charge in [-0.15, -0.1) is 0 Å². The van der Waals surface area contributed by atoms with Crippen molar-refractivity contribution in [2.45, 2.75) is 6.92 Å². The summed E-state index contributed by atoms with van der Waals surface area (Å²) in [6.07, 6.45) is 3.51. The van der Waals surface area contributed by atoms with E-state index in [2.05, 4.69) is 10.3 Å². The van der Waals surface area contributed by atoms with Gasteiger partial charge in [-0.1, -0.05) is 0 Å². The van der Waals surface area contributed by atoms with Gasteiger partial charge in [0, 0.05) is 31.2 Å². The number of nitrogens with zero attached hydrogens (tertiary/aromatic N) is 3. The Kier molecular flexibility index (Phi) is 2.78. The smallest absolute Gasteiger partial charge is 0.292 e. The van der Waals surface area contributed by atoms with Crippen molar-refractivity contribution < 1.29 is 4.92 Å². The minimum absolute atomic E-state index is 0.0639. The van der Waals surface area contributed by atoms with Crippen LogP contribution in [0.1, 0.15) is 5.82 Å². The molecule has 2 aromatic rings. The van der Waals surface area contributed by atoms with E-state index in [9.17, 15) is 10.1 Å². The van der Waals surface area contributed by atoms with Gasteiger partial charge < -0.3 is 9.88 Å². The van der Waals surface area contributed by atoms with Crippen molar-refractivity contribution in [1.82, 2.24) is 9.55 Å². The average molecular weight is 232 g/mol. The fourth-order valence-electron chi connectivity index (χ4n) is 1.68. The Hall–Kier alpha value is -2.37. The molecule has 0 saturated heterocycles. The number of benzene rings is 1. The van der Waals surface area contributed by atoms with Gasteiger partial charge in [0.15, 0.2) is 0 Å². The number of anilines is 1. The van der Waals surface area contributed by atoms with Gasteiger partial charge in [-0.3, -0.25) is 10.1 Å². The predicted octanol–water partition coefficient (Wildman–Crippen LogP) is 2.13. The monoisotopic (exact) mass is 232 g/mol. The van der Waals surface area contributed by atoms with E-state index in [-0.39, 0.29) is 5.69 Å². The first-order valence-electron chi connectivity index (χ1n) is 5.10. The van der Waals surface area contributed by atoms with Crippen LogP contribution < -0.4 is 5.32 Å². The van der Waals surface area contributed by atoms with Crippen LogP contribution in [0.5, 0.6) is 0 Å². The summed E-state index contributed by atoms with van der Waals surface area (Å²) in [5.74, 6) is 0.834. The third-order valence-electron chi connectivity index (χ3n) is 2.55. The molecule has 0 aliphatic rings. The Morgan fingerprint density at radius 3 is 2.76 bits per heavy atom. The number of hydrogen-bond donors (Lipinski definition) is 1. The van der Waals surface area contributed by atoms with Crippen LogP contribution in [0.3, 0.4) is 0 Å². The third kappa shape index (κ3) is 1.96. The highest BCUT2D eigenvalue weighted by Gasteiger charge is 2.13. The van der Waals surface area contributed by atoms with Gasteiger partial charge in [-0.05, 0) is 19.1 Å². The molecule has 0 unspecified atom stereocenters. The lowest BCUT2D eigenvalue weighted by Gasteiger charge is -2.08. The highest BCUT2D eigenvalue weighted by Crippen LogP contribution is 2.26. The largest absolute Gasteiger partial charge is 0.383 e. The summed E-state index contributed by atoms with van der Waals surface area (Å²) in [5, 5.41) is 13.6. The molecule has 1 N–H and O–H groups in total. The van der Waals surface area contributed by atoms with Gasteiger partial charge in [0.25, 0.3) is 5.69 Å². The van der Waals surface area contributed by atoms with Crippen LogP contribution in [0, 0.1) is 17.0 Å². The van der Waals surface area contributed by atoms with Crippen LogP contribution >= 0.6 is 0 Å². The van der Waals surface area contributed by atoms with Crippen molar-refractivity contribution in [2.24, 2.45) is 0 Å². The molecule has 0 spiro atoms. The van der Waals surface area contributed by atoms with Crippen LogP contribution in [0.2, 0.25) is 0 Å². The first kappa shape index (κ1) is 11.1. The first-order chi connectivity index (χ1) is 8.13. The fraction of sp³-hybridized carbons (Fsp3) is 0.182. The lowest BCUT2D eigenvalue weighted by Crippen LogP contribution is -2.00. The topological polar surface area (TPSA) is 73.0 Å². The van der Waals surface area contributed by atoms with Gasteiger partial charge in [0.05, 0.1) is 4.92 Å². The molecule has 6 heteroatoms. The zero-order chi connectivity index (χ0) is 12.4. The number of nitro groups is 1.